The van der Waals surface area contributed by atoms with Crippen molar-refractivity contribution in [3.8, 4) is 0 Å². The number of carbonyl (C=O) groups is 2. The highest BCUT2D eigenvalue weighted by Crippen LogP contribution is 2.31. The highest BCUT2D eigenvalue weighted by molar-refractivity contribution is 7.89. The van der Waals surface area contributed by atoms with Crippen LogP contribution in [0, 0.1) is 0 Å². The zero-order chi connectivity index (χ0) is 26.0. The van der Waals surface area contributed by atoms with Crippen LogP contribution in [-0.4, -0.2) is 32.8 Å². The van der Waals surface area contributed by atoms with Crippen molar-refractivity contribution in [3.63, 3.8) is 0 Å². The molecule has 37 heavy (non-hydrogen) atoms. The number of hydrogen-bond acceptors (Lipinski definition) is 4. The molecular weight excluding hydrogens is 486 g/mol. The summed E-state index contributed by atoms with van der Waals surface area (Å²) in [4.78, 5) is 27.2. The first-order chi connectivity index (χ1) is 17.8. The Bertz CT molecular complexity index is 1420. The number of sulfonamides is 1. The van der Waals surface area contributed by atoms with Gasteiger partial charge < -0.3 is 10.2 Å². The molecule has 0 saturated heterocycles. The Morgan fingerprint density at radius 1 is 0.973 bits per heavy atom. The molecule has 192 valence electrons. The molecular formula is C29H31N3O4S. The Labute approximate surface area is 217 Å². The lowest BCUT2D eigenvalue weighted by Gasteiger charge is -2.28. The number of amides is 2. The zero-order valence-electron chi connectivity index (χ0n) is 20.8. The molecule has 0 aromatic heterocycles. The van der Waals surface area contributed by atoms with Gasteiger partial charge in [-0.2, -0.15) is 4.72 Å². The number of nitrogens with zero attached hydrogens (tertiary/aromatic N) is 1. The van der Waals surface area contributed by atoms with E-state index in [2.05, 4.69) is 16.1 Å². The minimum atomic E-state index is -4.00. The maximum Gasteiger partial charge on any atom is 0.241 e. The number of nitrogens with one attached hydrogen (secondary N) is 2. The van der Waals surface area contributed by atoms with E-state index < -0.39 is 16.1 Å². The summed E-state index contributed by atoms with van der Waals surface area (Å²) < 4.78 is 29.6. The first-order valence-corrected chi connectivity index (χ1v) is 14.2. The monoisotopic (exact) mass is 517 g/mol. The number of carbonyl (C=O) groups excluding carboxylic acids is 2. The molecule has 2 amide bonds. The fourth-order valence-electron chi connectivity index (χ4n) is 5.34. The average molecular weight is 518 g/mol. The van der Waals surface area contributed by atoms with Gasteiger partial charge in [-0.05, 0) is 72.6 Å². The van der Waals surface area contributed by atoms with Crippen LogP contribution in [0.1, 0.15) is 48.1 Å². The molecule has 0 spiro atoms. The second kappa shape index (κ2) is 10.5. The third kappa shape index (κ3) is 5.45. The summed E-state index contributed by atoms with van der Waals surface area (Å²) in [6, 6.07) is 21.1. The van der Waals surface area contributed by atoms with Crippen LogP contribution in [0.2, 0.25) is 0 Å². The first-order valence-electron chi connectivity index (χ1n) is 12.7. The molecule has 2 atom stereocenters. The number of anilines is 1. The number of hydrogen-bond donors (Lipinski definition) is 2. The molecule has 5 rings (SSSR count). The average Bonchev–Trinajstić information content (AvgIpc) is 3.33. The summed E-state index contributed by atoms with van der Waals surface area (Å²) in [6.45, 7) is 2.03. The van der Waals surface area contributed by atoms with E-state index in [1.165, 1.54) is 18.6 Å². The summed E-state index contributed by atoms with van der Waals surface area (Å²) >= 11 is 0. The highest BCUT2D eigenvalue weighted by Gasteiger charge is 2.31. The molecule has 2 aliphatic rings. The largest absolute Gasteiger partial charge is 0.348 e. The van der Waals surface area contributed by atoms with E-state index in [4.69, 9.17) is 0 Å². The van der Waals surface area contributed by atoms with Gasteiger partial charge in [0.05, 0.1) is 10.9 Å². The standard InChI is InChI=1S/C29H31N3O4S/c1-20(33)32-17-16-23-19-24(14-15-28(23)32)37(35,36)31-27(18-21-8-3-2-4-9-21)29(34)30-26-13-7-11-22-10-5-6-12-25(22)26/h2-6,8-10,12,14-15,19,26-27,31H,7,11,13,16-18H2,1H3,(H,30,34)/t26-,27+/m0/s1. The Kier molecular flexibility index (Phi) is 7.13. The van der Waals surface area contributed by atoms with E-state index in [1.54, 1.807) is 17.0 Å². The third-order valence-corrected chi connectivity index (χ3v) is 8.69. The van der Waals surface area contributed by atoms with Gasteiger partial charge in [-0.1, -0.05) is 54.6 Å². The van der Waals surface area contributed by atoms with Gasteiger partial charge in [0.25, 0.3) is 0 Å². The van der Waals surface area contributed by atoms with Crippen molar-refractivity contribution < 1.29 is 18.0 Å². The van der Waals surface area contributed by atoms with Crippen LogP contribution in [0.25, 0.3) is 0 Å². The van der Waals surface area contributed by atoms with Gasteiger partial charge in [-0.25, -0.2) is 8.42 Å². The quantitative estimate of drug-likeness (QED) is 0.500. The Hall–Kier alpha value is -3.49. The van der Waals surface area contributed by atoms with Crippen molar-refractivity contribution in [2.45, 2.75) is 56.0 Å². The lowest BCUT2D eigenvalue weighted by molar-refractivity contribution is -0.123. The molecule has 1 aliphatic heterocycles. The summed E-state index contributed by atoms with van der Waals surface area (Å²) in [7, 11) is -4.00. The molecule has 3 aromatic carbocycles. The number of aryl methyl sites for hydroxylation is 1. The van der Waals surface area contributed by atoms with Gasteiger partial charge >= 0.3 is 0 Å². The van der Waals surface area contributed by atoms with Crippen LogP contribution in [0.15, 0.2) is 77.7 Å². The molecule has 1 aliphatic carbocycles. The van der Waals surface area contributed by atoms with Crippen LogP contribution >= 0.6 is 0 Å². The van der Waals surface area contributed by atoms with Crippen LogP contribution in [0.4, 0.5) is 5.69 Å². The molecule has 0 fully saturated rings. The topological polar surface area (TPSA) is 95.6 Å². The molecule has 0 bridgehead atoms. The highest BCUT2D eigenvalue weighted by atomic mass is 32.2. The molecule has 7 nitrogen and oxygen atoms in total. The first kappa shape index (κ1) is 25.2. The molecule has 8 heteroatoms. The van der Waals surface area contributed by atoms with Crippen LogP contribution < -0.4 is 14.9 Å². The Balaban J connectivity index is 1.40. The van der Waals surface area contributed by atoms with E-state index in [1.807, 2.05) is 48.5 Å². The van der Waals surface area contributed by atoms with Gasteiger partial charge in [0.1, 0.15) is 6.04 Å². The Morgan fingerprint density at radius 3 is 2.51 bits per heavy atom. The molecule has 0 radical (unpaired) electrons. The van der Waals surface area contributed by atoms with E-state index in [-0.39, 0.29) is 29.2 Å². The maximum absolute atomic E-state index is 13.6. The van der Waals surface area contributed by atoms with Crippen LogP contribution in [-0.2, 0) is 38.9 Å². The number of benzene rings is 3. The van der Waals surface area contributed by atoms with Gasteiger partial charge in [-0.3, -0.25) is 9.59 Å². The minimum absolute atomic E-state index is 0.0728. The van der Waals surface area contributed by atoms with Crippen molar-refractivity contribution in [2.75, 3.05) is 11.4 Å². The van der Waals surface area contributed by atoms with Crippen LogP contribution in [0.3, 0.4) is 0 Å². The van der Waals surface area contributed by atoms with E-state index in [0.717, 1.165) is 41.6 Å². The molecule has 1 heterocycles. The third-order valence-electron chi connectivity index (χ3n) is 7.22. The Morgan fingerprint density at radius 2 is 1.73 bits per heavy atom. The second-order valence-electron chi connectivity index (χ2n) is 9.73. The summed E-state index contributed by atoms with van der Waals surface area (Å²) in [5.74, 6) is -0.422. The normalized spacial score (nSPS) is 17.5. The maximum atomic E-state index is 13.6. The van der Waals surface area contributed by atoms with Crippen molar-refractivity contribution in [2.24, 2.45) is 0 Å². The number of rotatable bonds is 7. The van der Waals surface area contributed by atoms with Crippen molar-refractivity contribution in [3.05, 3.63) is 95.1 Å². The number of fused-ring (bicyclic) bond motifs is 2. The van der Waals surface area contributed by atoms with E-state index in [9.17, 15) is 18.0 Å². The predicted octanol–water partition coefficient (Wildman–Crippen LogP) is 3.68. The summed E-state index contributed by atoms with van der Waals surface area (Å²) in [6.07, 6.45) is 3.56. The lowest BCUT2D eigenvalue weighted by Crippen LogP contribution is -2.49. The fourth-order valence-corrected chi connectivity index (χ4v) is 6.59. The molecule has 3 aromatic rings. The predicted molar refractivity (Wildman–Crippen MR) is 143 cm³/mol. The summed E-state index contributed by atoms with van der Waals surface area (Å²) in [5.41, 5.74) is 4.72. The molecule has 0 unspecified atom stereocenters. The van der Waals surface area contributed by atoms with Crippen molar-refractivity contribution in [1.82, 2.24) is 10.0 Å². The van der Waals surface area contributed by atoms with Gasteiger partial charge in [0.2, 0.25) is 21.8 Å². The molecule has 0 saturated carbocycles. The molecule has 2 N–H and O–H groups in total. The smallest absolute Gasteiger partial charge is 0.241 e. The van der Waals surface area contributed by atoms with Crippen molar-refractivity contribution >= 4 is 27.5 Å². The van der Waals surface area contributed by atoms with Gasteiger partial charge in [-0.15, -0.1) is 0 Å². The fraction of sp³-hybridized carbons (Fsp3) is 0.310. The minimum Gasteiger partial charge on any atom is -0.348 e. The van der Waals surface area contributed by atoms with E-state index >= 15 is 0 Å². The lowest BCUT2D eigenvalue weighted by atomic mass is 9.87. The summed E-state index contributed by atoms with van der Waals surface area (Å²) in [5, 5.41) is 3.12. The second-order valence-corrected chi connectivity index (χ2v) is 11.4. The zero-order valence-corrected chi connectivity index (χ0v) is 21.6. The van der Waals surface area contributed by atoms with Crippen LogP contribution in [0.5, 0.6) is 0 Å². The van der Waals surface area contributed by atoms with Gasteiger partial charge in [0.15, 0.2) is 0 Å². The van der Waals surface area contributed by atoms with Crippen molar-refractivity contribution in [1.29, 1.82) is 0 Å². The van der Waals surface area contributed by atoms with Gasteiger partial charge in [0, 0.05) is 19.2 Å². The SMILES string of the molecule is CC(=O)N1CCc2cc(S(=O)(=O)N[C@H](Cc3ccccc3)C(=O)N[C@H]3CCCc4ccccc43)ccc21. The van der Waals surface area contributed by atoms with E-state index in [0.29, 0.717) is 13.0 Å².